The lowest BCUT2D eigenvalue weighted by Gasteiger charge is -2.22. The van der Waals surface area contributed by atoms with E-state index >= 15 is 0 Å². The van der Waals surface area contributed by atoms with Crippen LogP contribution in [0.4, 0.5) is 0 Å². The van der Waals surface area contributed by atoms with Crippen molar-refractivity contribution in [3.05, 3.63) is 29.8 Å². The van der Waals surface area contributed by atoms with Crippen LogP contribution in [0.1, 0.15) is 45.1 Å². The van der Waals surface area contributed by atoms with Crippen molar-refractivity contribution < 1.29 is 8.42 Å². The Bertz CT molecular complexity index is 475. The van der Waals surface area contributed by atoms with E-state index in [1.807, 2.05) is 0 Å². The second kappa shape index (κ2) is 8.39. The summed E-state index contributed by atoms with van der Waals surface area (Å²) in [5.41, 5.74) is 6.48. The largest absolute Gasteiger partial charge is 0.326 e. The lowest BCUT2D eigenvalue weighted by Crippen LogP contribution is -2.33. The minimum atomic E-state index is -3.38. The lowest BCUT2D eigenvalue weighted by molar-refractivity contribution is 0.395. The van der Waals surface area contributed by atoms with Gasteiger partial charge in [-0.3, -0.25) is 0 Å². The smallest absolute Gasteiger partial charge is 0.243 e. The number of sulfonamides is 1. The van der Waals surface area contributed by atoms with Crippen LogP contribution in [0, 0.1) is 0 Å². The van der Waals surface area contributed by atoms with Crippen LogP contribution in [0.3, 0.4) is 0 Å². The Labute approximate surface area is 123 Å². The highest BCUT2D eigenvalue weighted by molar-refractivity contribution is 7.89. The molecule has 4 nitrogen and oxygen atoms in total. The first-order valence-corrected chi connectivity index (χ1v) is 8.79. The third-order valence-electron chi connectivity index (χ3n) is 3.32. The van der Waals surface area contributed by atoms with Crippen molar-refractivity contribution in [2.75, 3.05) is 13.1 Å². The van der Waals surface area contributed by atoms with Gasteiger partial charge >= 0.3 is 0 Å². The van der Waals surface area contributed by atoms with Gasteiger partial charge in [0.05, 0.1) is 4.90 Å². The van der Waals surface area contributed by atoms with Crippen molar-refractivity contribution in [1.29, 1.82) is 0 Å². The summed E-state index contributed by atoms with van der Waals surface area (Å²) in [6, 6.07) is 6.88. The van der Waals surface area contributed by atoms with Crippen LogP contribution in [0.15, 0.2) is 29.2 Å². The highest BCUT2D eigenvalue weighted by Crippen LogP contribution is 2.18. The van der Waals surface area contributed by atoms with Gasteiger partial charge in [0.15, 0.2) is 0 Å². The van der Waals surface area contributed by atoms with Crippen LogP contribution in [0.25, 0.3) is 0 Å². The third kappa shape index (κ3) is 4.58. The Balaban J connectivity index is 2.94. The molecule has 114 valence electrons. The molecule has 1 rings (SSSR count). The standard InChI is InChI=1S/C15H26N2O2S/c1-3-5-11-17(12-6-4-2)20(18,19)15-9-7-14(13-16)8-10-15/h7-10H,3-6,11-13,16H2,1-2H3. The highest BCUT2D eigenvalue weighted by atomic mass is 32.2. The van der Waals surface area contributed by atoms with Crippen molar-refractivity contribution in [3.8, 4) is 0 Å². The molecule has 0 fully saturated rings. The van der Waals surface area contributed by atoms with Crippen LogP contribution >= 0.6 is 0 Å². The van der Waals surface area contributed by atoms with E-state index in [1.54, 1.807) is 28.6 Å². The molecule has 0 aliphatic rings. The zero-order valence-corrected chi connectivity index (χ0v) is 13.3. The molecule has 0 aliphatic heterocycles. The average molecular weight is 298 g/mol. The van der Waals surface area contributed by atoms with Gasteiger partial charge in [0, 0.05) is 19.6 Å². The van der Waals surface area contributed by atoms with E-state index in [2.05, 4.69) is 13.8 Å². The van der Waals surface area contributed by atoms with Crippen molar-refractivity contribution in [1.82, 2.24) is 4.31 Å². The molecule has 1 aromatic rings. The van der Waals surface area contributed by atoms with Gasteiger partial charge in [-0.25, -0.2) is 8.42 Å². The van der Waals surface area contributed by atoms with Crippen LogP contribution in [-0.2, 0) is 16.6 Å². The topological polar surface area (TPSA) is 63.4 Å². The number of nitrogens with two attached hydrogens (primary N) is 1. The first kappa shape index (κ1) is 17.1. The number of hydrogen-bond acceptors (Lipinski definition) is 3. The molecule has 0 aromatic heterocycles. The van der Waals surface area contributed by atoms with E-state index in [-0.39, 0.29) is 0 Å². The minimum Gasteiger partial charge on any atom is -0.326 e. The average Bonchev–Trinajstić information content (AvgIpc) is 2.47. The van der Waals surface area contributed by atoms with Crippen molar-refractivity contribution in [3.63, 3.8) is 0 Å². The van der Waals surface area contributed by atoms with E-state index in [4.69, 9.17) is 5.73 Å². The molecule has 2 N–H and O–H groups in total. The maximum absolute atomic E-state index is 12.6. The number of nitrogens with zero attached hydrogens (tertiary/aromatic N) is 1. The molecule has 0 amide bonds. The minimum absolute atomic E-state index is 0.363. The second-order valence-electron chi connectivity index (χ2n) is 4.96. The monoisotopic (exact) mass is 298 g/mol. The van der Waals surface area contributed by atoms with E-state index in [9.17, 15) is 8.42 Å². The van der Waals surface area contributed by atoms with Gasteiger partial charge in [-0.2, -0.15) is 4.31 Å². The maximum atomic E-state index is 12.6. The Kier molecular flexibility index (Phi) is 7.19. The van der Waals surface area contributed by atoms with Gasteiger partial charge in [0.25, 0.3) is 0 Å². The molecule has 0 heterocycles. The zero-order chi connectivity index (χ0) is 15.0. The highest BCUT2D eigenvalue weighted by Gasteiger charge is 2.23. The predicted octanol–water partition coefficient (Wildman–Crippen LogP) is 2.74. The van der Waals surface area contributed by atoms with Gasteiger partial charge in [0.1, 0.15) is 0 Å². The summed E-state index contributed by atoms with van der Waals surface area (Å²) in [6.45, 7) is 5.76. The summed E-state index contributed by atoms with van der Waals surface area (Å²) in [5.74, 6) is 0. The summed E-state index contributed by atoms with van der Waals surface area (Å²) >= 11 is 0. The van der Waals surface area contributed by atoms with Crippen molar-refractivity contribution >= 4 is 10.0 Å². The van der Waals surface area contributed by atoms with Gasteiger partial charge < -0.3 is 5.73 Å². The molecule has 5 heteroatoms. The quantitative estimate of drug-likeness (QED) is 0.762. The number of rotatable bonds is 9. The summed E-state index contributed by atoms with van der Waals surface area (Å²) in [7, 11) is -3.38. The fourth-order valence-corrected chi connectivity index (χ4v) is 3.48. The summed E-state index contributed by atoms with van der Waals surface area (Å²) in [5, 5.41) is 0. The van der Waals surface area contributed by atoms with E-state index in [1.165, 1.54) is 0 Å². The number of unbranched alkanes of at least 4 members (excludes halogenated alkanes) is 2. The Morgan fingerprint density at radius 3 is 1.90 bits per heavy atom. The molecule has 0 atom stereocenters. The van der Waals surface area contributed by atoms with Crippen molar-refractivity contribution in [2.24, 2.45) is 5.73 Å². The van der Waals surface area contributed by atoms with Crippen LogP contribution < -0.4 is 5.73 Å². The maximum Gasteiger partial charge on any atom is 0.243 e. The van der Waals surface area contributed by atoms with Crippen LogP contribution in [-0.4, -0.2) is 25.8 Å². The first-order valence-electron chi connectivity index (χ1n) is 7.35. The molecule has 0 unspecified atom stereocenters. The normalized spacial score (nSPS) is 12.0. The summed E-state index contributed by atoms with van der Waals surface area (Å²) in [4.78, 5) is 0.363. The fraction of sp³-hybridized carbons (Fsp3) is 0.600. The molecule has 1 aromatic carbocycles. The molecular weight excluding hydrogens is 272 g/mol. The molecule has 20 heavy (non-hydrogen) atoms. The molecule has 0 saturated carbocycles. The summed E-state index contributed by atoms with van der Waals surface area (Å²) < 4.78 is 26.9. The molecule has 0 aliphatic carbocycles. The van der Waals surface area contributed by atoms with Gasteiger partial charge in [0.2, 0.25) is 10.0 Å². The number of benzene rings is 1. The zero-order valence-electron chi connectivity index (χ0n) is 12.5. The SMILES string of the molecule is CCCCN(CCCC)S(=O)(=O)c1ccc(CN)cc1. The van der Waals surface area contributed by atoms with Crippen LogP contribution in [0.2, 0.25) is 0 Å². The second-order valence-corrected chi connectivity index (χ2v) is 6.90. The molecule has 0 spiro atoms. The fourth-order valence-electron chi connectivity index (χ4n) is 1.97. The molecule has 0 bridgehead atoms. The van der Waals surface area contributed by atoms with Gasteiger partial charge in [-0.05, 0) is 30.5 Å². The van der Waals surface area contributed by atoms with E-state index in [0.717, 1.165) is 31.2 Å². The predicted molar refractivity (Wildman–Crippen MR) is 82.9 cm³/mol. The van der Waals surface area contributed by atoms with Crippen LogP contribution in [0.5, 0.6) is 0 Å². The van der Waals surface area contributed by atoms with E-state index < -0.39 is 10.0 Å². The molecule has 0 radical (unpaired) electrons. The molecule has 0 saturated heterocycles. The Hall–Kier alpha value is -0.910. The number of hydrogen-bond donors (Lipinski definition) is 1. The Morgan fingerprint density at radius 2 is 1.50 bits per heavy atom. The third-order valence-corrected chi connectivity index (χ3v) is 5.23. The molecular formula is C15H26N2O2S. The first-order chi connectivity index (χ1) is 9.56. The van der Waals surface area contributed by atoms with Gasteiger partial charge in [-0.15, -0.1) is 0 Å². The van der Waals surface area contributed by atoms with Gasteiger partial charge in [-0.1, -0.05) is 38.8 Å². The Morgan fingerprint density at radius 1 is 1.00 bits per heavy atom. The van der Waals surface area contributed by atoms with E-state index in [0.29, 0.717) is 24.5 Å². The summed E-state index contributed by atoms with van der Waals surface area (Å²) in [6.07, 6.45) is 3.77. The lowest BCUT2D eigenvalue weighted by atomic mass is 10.2. The van der Waals surface area contributed by atoms with Crippen molar-refractivity contribution in [2.45, 2.75) is 51.0 Å².